The van der Waals surface area contributed by atoms with Crippen LogP contribution in [0.25, 0.3) is 33.5 Å². The quantitative estimate of drug-likeness (QED) is 0.340. The molecule has 3 saturated carbocycles. The van der Waals surface area contributed by atoms with Crippen molar-refractivity contribution < 1.29 is 4.39 Å². The molecule has 0 spiro atoms. The molecule has 2 heterocycles. The van der Waals surface area contributed by atoms with Gasteiger partial charge in [0.25, 0.3) is 0 Å². The van der Waals surface area contributed by atoms with Crippen LogP contribution in [0, 0.1) is 37.4 Å². The number of fused-ring (bicyclic) bond motifs is 4. The van der Waals surface area contributed by atoms with Crippen LogP contribution in [0.4, 0.5) is 10.2 Å². The Kier molecular flexibility index (Phi) is 5.16. The minimum atomic E-state index is -0.249. The number of halogens is 1. The molecular formula is C29H31FN4. The number of nitrogens with one attached hydrogen (secondary N) is 2. The van der Waals surface area contributed by atoms with E-state index in [4.69, 9.17) is 9.97 Å². The molecule has 0 amide bonds. The zero-order valence-corrected chi connectivity index (χ0v) is 20.0. The maximum Gasteiger partial charge on any atom is 0.164 e. The average Bonchev–Trinajstić information content (AvgIpc) is 3.26. The number of rotatable bonds is 4. The minimum absolute atomic E-state index is 0.249. The van der Waals surface area contributed by atoms with Gasteiger partial charge < -0.3 is 10.3 Å². The largest absolute Gasteiger partial charge is 0.367 e. The Morgan fingerprint density at radius 3 is 2.38 bits per heavy atom. The Morgan fingerprint density at radius 1 is 0.912 bits per heavy atom. The van der Waals surface area contributed by atoms with Crippen LogP contribution >= 0.6 is 0 Å². The maximum atomic E-state index is 14.6. The van der Waals surface area contributed by atoms with Crippen molar-refractivity contribution in [3.8, 4) is 22.6 Å². The third kappa shape index (κ3) is 3.67. The lowest BCUT2D eigenvalue weighted by Crippen LogP contribution is -2.47. The lowest BCUT2D eigenvalue weighted by Gasteiger charge is -2.47. The highest BCUT2D eigenvalue weighted by atomic mass is 19.1. The number of nitrogens with zero attached hydrogens (tertiary/aromatic N) is 2. The Morgan fingerprint density at radius 2 is 1.65 bits per heavy atom. The highest BCUT2D eigenvalue weighted by Crippen LogP contribution is 2.46. The number of aromatic nitrogens is 3. The predicted molar refractivity (Wildman–Crippen MR) is 136 cm³/mol. The second kappa shape index (κ2) is 8.23. The number of anilines is 1. The van der Waals surface area contributed by atoms with Gasteiger partial charge in [-0.2, -0.15) is 0 Å². The van der Waals surface area contributed by atoms with Crippen LogP contribution in [0.3, 0.4) is 0 Å². The van der Waals surface area contributed by atoms with E-state index in [9.17, 15) is 4.39 Å². The Labute approximate surface area is 200 Å². The summed E-state index contributed by atoms with van der Waals surface area (Å²) in [5, 5.41) is 4.64. The van der Waals surface area contributed by atoms with Gasteiger partial charge in [-0.3, -0.25) is 0 Å². The highest BCUT2D eigenvalue weighted by Gasteiger charge is 2.41. The number of hydrogen-bond donors (Lipinski definition) is 2. The summed E-state index contributed by atoms with van der Waals surface area (Å²) in [6, 6.07) is 14.5. The van der Waals surface area contributed by atoms with Gasteiger partial charge in [0.1, 0.15) is 11.6 Å². The fraction of sp³-hybridized carbons (Fsp3) is 0.379. The van der Waals surface area contributed by atoms with Gasteiger partial charge in [0, 0.05) is 34.8 Å². The molecule has 34 heavy (non-hydrogen) atoms. The van der Waals surface area contributed by atoms with Crippen LogP contribution in [-0.4, -0.2) is 21.0 Å². The van der Waals surface area contributed by atoms with Crippen molar-refractivity contribution in [2.24, 2.45) is 17.8 Å². The molecule has 5 heteroatoms. The van der Waals surface area contributed by atoms with Crippen LogP contribution in [0.2, 0.25) is 0 Å². The molecule has 2 atom stereocenters. The Hall–Kier alpha value is -3.21. The lowest BCUT2D eigenvalue weighted by atomic mass is 9.62. The van der Waals surface area contributed by atoms with E-state index in [1.54, 1.807) is 6.07 Å². The number of hydrogen-bond acceptors (Lipinski definition) is 3. The number of aromatic amines is 1. The summed E-state index contributed by atoms with van der Waals surface area (Å²) in [5.74, 6) is 3.36. The van der Waals surface area contributed by atoms with Crippen LogP contribution in [-0.2, 0) is 0 Å². The lowest BCUT2D eigenvalue weighted by molar-refractivity contribution is 0.0928. The highest BCUT2D eigenvalue weighted by molar-refractivity contribution is 5.95. The summed E-state index contributed by atoms with van der Waals surface area (Å²) in [7, 11) is 0. The fourth-order valence-corrected chi connectivity index (χ4v) is 6.19. The van der Waals surface area contributed by atoms with Crippen molar-refractivity contribution in [1.29, 1.82) is 0 Å². The minimum Gasteiger partial charge on any atom is -0.367 e. The predicted octanol–water partition coefficient (Wildman–Crippen LogP) is 7.28. The SMILES string of the molecule is Cc1ccc(-c2cc(NC3C4CCC(CC4)C3C)nc(-c3c[nH]c4c(F)cc(C)cc34)n2)cc1. The molecule has 3 fully saturated rings. The van der Waals surface area contributed by atoms with Crippen molar-refractivity contribution in [2.45, 2.75) is 52.5 Å². The molecule has 2 unspecified atom stereocenters. The van der Waals surface area contributed by atoms with Gasteiger partial charge in [-0.1, -0.05) is 36.8 Å². The summed E-state index contributed by atoms with van der Waals surface area (Å²) in [5.41, 5.74) is 5.35. The third-order valence-electron chi connectivity index (χ3n) is 8.15. The van der Waals surface area contributed by atoms with Gasteiger partial charge >= 0.3 is 0 Å². The second-order valence-corrected chi connectivity index (χ2v) is 10.4. The molecule has 3 aliphatic rings. The van der Waals surface area contributed by atoms with Crippen molar-refractivity contribution in [2.75, 3.05) is 5.32 Å². The van der Waals surface area contributed by atoms with Gasteiger partial charge in [-0.15, -0.1) is 0 Å². The first-order valence-corrected chi connectivity index (χ1v) is 12.5. The number of benzene rings is 2. The maximum absolute atomic E-state index is 14.6. The summed E-state index contributed by atoms with van der Waals surface area (Å²) < 4.78 is 14.6. The van der Waals surface area contributed by atoms with E-state index < -0.39 is 0 Å². The molecule has 4 nitrogen and oxygen atoms in total. The molecule has 4 aromatic rings. The van der Waals surface area contributed by atoms with Gasteiger partial charge in [0.05, 0.1) is 11.2 Å². The van der Waals surface area contributed by atoms with E-state index in [1.807, 2.05) is 19.2 Å². The molecule has 3 aliphatic carbocycles. The Balaban J connectivity index is 1.47. The molecule has 7 rings (SSSR count). The molecular weight excluding hydrogens is 423 g/mol. The van der Waals surface area contributed by atoms with Crippen molar-refractivity contribution >= 4 is 16.7 Å². The molecule has 2 aromatic carbocycles. The summed E-state index contributed by atoms with van der Waals surface area (Å²) >= 11 is 0. The Bertz CT molecular complexity index is 1350. The average molecular weight is 455 g/mol. The summed E-state index contributed by atoms with van der Waals surface area (Å²) in [6.07, 6.45) is 7.14. The van der Waals surface area contributed by atoms with E-state index in [0.29, 0.717) is 29.2 Å². The van der Waals surface area contributed by atoms with Crippen molar-refractivity contribution in [3.63, 3.8) is 0 Å². The number of aryl methyl sites for hydroxylation is 2. The van der Waals surface area contributed by atoms with E-state index >= 15 is 0 Å². The molecule has 0 radical (unpaired) electrons. The summed E-state index contributed by atoms with van der Waals surface area (Å²) in [6.45, 7) is 6.39. The van der Waals surface area contributed by atoms with E-state index in [-0.39, 0.29) is 5.82 Å². The van der Waals surface area contributed by atoms with Gasteiger partial charge in [-0.05, 0) is 75.0 Å². The molecule has 2 bridgehead atoms. The normalized spacial score (nSPS) is 24.0. The van der Waals surface area contributed by atoms with Crippen molar-refractivity contribution in [3.05, 3.63) is 65.6 Å². The zero-order valence-electron chi connectivity index (χ0n) is 20.0. The first-order chi connectivity index (χ1) is 16.5. The summed E-state index contributed by atoms with van der Waals surface area (Å²) in [4.78, 5) is 13.0. The standard InChI is InChI=1S/C29H31FN4/c1-16-4-6-20(7-5-16)25-14-26(33-27-18(3)19-8-10-21(27)11-9-19)34-29(32-25)23-15-31-28-22(23)12-17(2)13-24(28)30/h4-7,12-15,18-19,21,27,31H,8-11H2,1-3H3,(H,32,33,34). The van der Waals surface area contributed by atoms with Crippen molar-refractivity contribution in [1.82, 2.24) is 15.0 Å². The molecule has 2 aromatic heterocycles. The van der Waals surface area contributed by atoms with Crippen LogP contribution in [0.15, 0.2) is 48.7 Å². The molecule has 2 N–H and O–H groups in total. The zero-order chi connectivity index (χ0) is 23.4. The molecule has 0 saturated heterocycles. The van der Waals surface area contributed by atoms with Crippen LogP contribution in [0.5, 0.6) is 0 Å². The van der Waals surface area contributed by atoms with E-state index in [0.717, 1.165) is 39.5 Å². The monoisotopic (exact) mass is 454 g/mol. The first-order valence-electron chi connectivity index (χ1n) is 12.5. The third-order valence-corrected chi connectivity index (χ3v) is 8.15. The second-order valence-electron chi connectivity index (χ2n) is 10.4. The number of H-pyrrole nitrogens is 1. The smallest absolute Gasteiger partial charge is 0.164 e. The van der Waals surface area contributed by atoms with Gasteiger partial charge in [0.15, 0.2) is 5.82 Å². The van der Waals surface area contributed by atoms with Crippen LogP contribution < -0.4 is 5.32 Å². The first kappa shape index (κ1) is 21.3. The fourth-order valence-electron chi connectivity index (χ4n) is 6.19. The van der Waals surface area contributed by atoms with Crippen LogP contribution in [0.1, 0.15) is 43.7 Å². The van der Waals surface area contributed by atoms with E-state index in [2.05, 4.69) is 54.5 Å². The van der Waals surface area contributed by atoms with E-state index in [1.165, 1.54) is 31.2 Å². The molecule has 174 valence electrons. The topological polar surface area (TPSA) is 53.6 Å². The molecule has 0 aliphatic heterocycles. The van der Waals surface area contributed by atoms with Gasteiger partial charge in [-0.25, -0.2) is 14.4 Å². The van der Waals surface area contributed by atoms with Gasteiger partial charge in [0.2, 0.25) is 0 Å².